The molecule has 0 radical (unpaired) electrons. The largest absolute Gasteiger partial charge is 0.370 e. The van der Waals surface area contributed by atoms with Crippen LogP contribution >= 0.6 is 0 Å². The first kappa shape index (κ1) is 16.7. The lowest BCUT2D eigenvalue weighted by molar-refractivity contribution is 0.261. The first-order valence-corrected chi connectivity index (χ1v) is 7.59. The number of aromatic nitrogens is 2. The topological polar surface area (TPSA) is 53.1 Å². The molecule has 1 aromatic heterocycles. The molecule has 1 heterocycles. The third-order valence-electron chi connectivity index (χ3n) is 3.73. The molecule has 0 spiro atoms. The molecule has 20 heavy (non-hydrogen) atoms. The van der Waals surface area contributed by atoms with Gasteiger partial charge in [-0.05, 0) is 33.7 Å². The quantitative estimate of drug-likeness (QED) is 0.728. The van der Waals surface area contributed by atoms with Crippen LogP contribution in [-0.2, 0) is 0 Å². The van der Waals surface area contributed by atoms with Crippen LogP contribution in [0.2, 0.25) is 0 Å². The second-order valence-electron chi connectivity index (χ2n) is 5.29. The van der Waals surface area contributed by atoms with Crippen LogP contribution in [0.1, 0.15) is 39.2 Å². The lowest BCUT2D eigenvalue weighted by Gasteiger charge is -2.23. The van der Waals surface area contributed by atoms with Crippen LogP contribution in [0.15, 0.2) is 6.33 Å². The van der Waals surface area contributed by atoms with Crippen molar-refractivity contribution in [3.8, 4) is 0 Å². The summed E-state index contributed by atoms with van der Waals surface area (Å²) in [7, 11) is 2.16. The first-order chi connectivity index (χ1) is 9.60. The zero-order valence-electron chi connectivity index (χ0n) is 13.5. The average Bonchev–Trinajstić information content (AvgIpc) is 2.46. The SMILES string of the molecule is CCCNc1ncnc(NCCN(C)C(C)CC)c1C. The van der Waals surface area contributed by atoms with Crippen molar-refractivity contribution in [2.24, 2.45) is 0 Å². The molecule has 2 N–H and O–H groups in total. The Morgan fingerprint density at radius 2 is 1.75 bits per heavy atom. The second kappa shape index (κ2) is 8.74. The van der Waals surface area contributed by atoms with Crippen LogP contribution < -0.4 is 10.6 Å². The Balaban J connectivity index is 2.51. The zero-order chi connectivity index (χ0) is 15.0. The Labute approximate surface area is 123 Å². The lowest BCUT2D eigenvalue weighted by Crippen LogP contribution is -2.32. The van der Waals surface area contributed by atoms with Crippen molar-refractivity contribution in [1.29, 1.82) is 0 Å². The minimum absolute atomic E-state index is 0.616. The van der Waals surface area contributed by atoms with Gasteiger partial charge < -0.3 is 15.5 Å². The molecule has 1 aromatic rings. The fraction of sp³-hybridized carbons (Fsp3) is 0.733. The van der Waals surface area contributed by atoms with E-state index in [1.807, 2.05) is 0 Å². The molecule has 0 aliphatic carbocycles. The van der Waals surface area contributed by atoms with E-state index in [4.69, 9.17) is 0 Å². The normalized spacial score (nSPS) is 12.5. The minimum Gasteiger partial charge on any atom is -0.370 e. The van der Waals surface area contributed by atoms with E-state index in [0.717, 1.165) is 43.3 Å². The van der Waals surface area contributed by atoms with E-state index in [9.17, 15) is 0 Å². The first-order valence-electron chi connectivity index (χ1n) is 7.59. The van der Waals surface area contributed by atoms with E-state index >= 15 is 0 Å². The van der Waals surface area contributed by atoms with Crippen LogP contribution in [-0.4, -0.2) is 47.6 Å². The van der Waals surface area contributed by atoms with Crippen molar-refractivity contribution < 1.29 is 0 Å². The summed E-state index contributed by atoms with van der Waals surface area (Å²) in [5, 5.41) is 6.73. The van der Waals surface area contributed by atoms with Gasteiger partial charge in [-0.2, -0.15) is 0 Å². The summed E-state index contributed by atoms with van der Waals surface area (Å²) in [6.07, 6.45) is 3.88. The van der Waals surface area contributed by atoms with E-state index in [0.29, 0.717) is 6.04 Å². The average molecular weight is 279 g/mol. The number of likely N-dealkylation sites (N-methyl/N-ethyl adjacent to an activating group) is 1. The lowest BCUT2D eigenvalue weighted by atomic mass is 10.2. The van der Waals surface area contributed by atoms with Crippen LogP contribution in [0, 0.1) is 6.92 Å². The maximum atomic E-state index is 4.33. The van der Waals surface area contributed by atoms with Crippen molar-refractivity contribution in [3.63, 3.8) is 0 Å². The number of hydrogen-bond acceptors (Lipinski definition) is 5. The summed E-state index contributed by atoms with van der Waals surface area (Å²) < 4.78 is 0. The van der Waals surface area contributed by atoms with Gasteiger partial charge in [0.15, 0.2) is 0 Å². The number of anilines is 2. The molecule has 1 rings (SSSR count). The molecule has 0 saturated heterocycles. The molecule has 0 aromatic carbocycles. The standard InChI is InChI=1S/C15H29N5/c1-6-8-16-14-13(4)15(19-11-18-14)17-9-10-20(5)12(3)7-2/h11-12H,6-10H2,1-5H3,(H2,16,17,18,19). The van der Waals surface area contributed by atoms with Crippen molar-refractivity contribution in [1.82, 2.24) is 14.9 Å². The molecule has 0 aliphatic heterocycles. The molecule has 0 bridgehead atoms. The highest BCUT2D eigenvalue weighted by atomic mass is 15.1. The van der Waals surface area contributed by atoms with Gasteiger partial charge in [-0.3, -0.25) is 0 Å². The van der Waals surface area contributed by atoms with Gasteiger partial charge in [-0.1, -0.05) is 13.8 Å². The van der Waals surface area contributed by atoms with Crippen LogP contribution in [0.3, 0.4) is 0 Å². The Kier molecular flexibility index (Phi) is 7.30. The maximum absolute atomic E-state index is 4.33. The van der Waals surface area contributed by atoms with Gasteiger partial charge in [-0.15, -0.1) is 0 Å². The van der Waals surface area contributed by atoms with Gasteiger partial charge in [0.1, 0.15) is 18.0 Å². The molecule has 1 atom stereocenters. The minimum atomic E-state index is 0.616. The van der Waals surface area contributed by atoms with Crippen molar-refractivity contribution >= 4 is 11.6 Å². The highest BCUT2D eigenvalue weighted by Crippen LogP contribution is 2.17. The fourth-order valence-corrected chi connectivity index (χ4v) is 1.93. The second-order valence-corrected chi connectivity index (χ2v) is 5.29. The van der Waals surface area contributed by atoms with Crippen LogP contribution in [0.5, 0.6) is 0 Å². The summed E-state index contributed by atoms with van der Waals surface area (Å²) in [4.78, 5) is 11.0. The highest BCUT2D eigenvalue weighted by Gasteiger charge is 2.08. The maximum Gasteiger partial charge on any atom is 0.134 e. The van der Waals surface area contributed by atoms with Crippen LogP contribution in [0.4, 0.5) is 11.6 Å². The Morgan fingerprint density at radius 1 is 1.15 bits per heavy atom. The Morgan fingerprint density at radius 3 is 2.30 bits per heavy atom. The Hall–Kier alpha value is -1.36. The van der Waals surface area contributed by atoms with E-state index in [2.05, 4.69) is 60.2 Å². The van der Waals surface area contributed by atoms with E-state index < -0.39 is 0 Å². The zero-order valence-corrected chi connectivity index (χ0v) is 13.5. The molecule has 114 valence electrons. The van der Waals surface area contributed by atoms with Crippen molar-refractivity contribution in [2.75, 3.05) is 37.3 Å². The van der Waals surface area contributed by atoms with E-state index in [1.165, 1.54) is 6.42 Å². The smallest absolute Gasteiger partial charge is 0.134 e. The molecular weight excluding hydrogens is 250 g/mol. The number of hydrogen-bond donors (Lipinski definition) is 2. The molecule has 0 fully saturated rings. The fourth-order valence-electron chi connectivity index (χ4n) is 1.93. The van der Waals surface area contributed by atoms with E-state index in [1.54, 1.807) is 6.33 Å². The third-order valence-corrected chi connectivity index (χ3v) is 3.73. The molecule has 0 amide bonds. The van der Waals surface area contributed by atoms with Gasteiger partial charge in [0.2, 0.25) is 0 Å². The van der Waals surface area contributed by atoms with Crippen molar-refractivity contribution in [2.45, 2.75) is 46.6 Å². The summed E-state index contributed by atoms with van der Waals surface area (Å²) in [6, 6.07) is 0.616. The molecule has 5 nitrogen and oxygen atoms in total. The summed E-state index contributed by atoms with van der Waals surface area (Å²) in [5.74, 6) is 1.86. The number of rotatable bonds is 9. The van der Waals surface area contributed by atoms with Gasteiger partial charge in [0.25, 0.3) is 0 Å². The molecular formula is C15H29N5. The van der Waals surface area contributed by atoms with E-state index in [-0.39, 0.29) is 0 Å². The predicted octanol–water partition coefficient (Wildman–Crippen LogP) is 2.75. The van der Waals surface area contributed by atoms with Gasteiger partial charge >= 0.3 is 0 Å². The van der Waals surface area contributed by atoms with Gasteiger partial charge in [0.05, 0.1) is 0 Å². The van der Waals surface area contributed by atoms with Gasteiger partial charge in [-0.25, -0.2) is 9.97 Å². The monoisotopic (exact) mass is 279 g/mol. The Bertz CT molecular complexity index is 394. The number of nitrogens with one attached hydrogen (secondary N) is 2. The summed E-state index contributed by atoms with van der Waals surface area (Å²) >= 11 is 0. The molecule has 0 saturated carbocycles. The third kappa shape index (κ3) is 4.96. The van der Waals surface area contributed by atoms with Crippen LogP contribution in [0.25, 0.3) is 0 Å². The molecule has 1 unspecified atom stereocenters. The molecule has 0 aliphatic rings. The highest BCUT2D eigenvalue weighted by molar-refractivity contribution is 5.56. The molecule has 5 heteroatoms. The summed E-state index contributed by atoms with van der Waals surface area (Å²) in [5.41, 5.74) is 1.09. The predicted molar refractivity (Wildman–Crippen MR) is 86.4 cm³/mol. The van der Waals surface area contributed by atoms with Gasteiger partial charge in [0, 0.05) is 31.2 Å². The number of nitrogens with zero attached hydrogens (tertiary/aromatic N) is 3. The summed E-state index contributed by atoms with van der Waals surface area (Å²) in [6.45, 7) is 11.5. The van der Waals surface area contributed by atoms with Crippen molar-refractivity contribution in [3.05, 3.63) is 11.9 Å².